The third kappa shape index (κ3) is 8.78. The summed E-state index contributed by atoms with van der Waals surface area (Å²) in [6.45, 7) is 13.5. The van der Waals surface area contributed by atoms with Crippen LogP contribution in [0.1, 0.15) is 44.7 Å². The molecule has 0 aliphatic carbocycles. The summed E-state index contributed by atoms with van der Waals surface area (Å²) in [5.74, 6) is 0.818. The van der Waals surface area contributed by atoms with Crippen molar-refractivity contribution in [1.29, 1.82) is 0 Å². The Bertz CT molecular complexity index is 585. The molecule has 0 amide bonds. The summed E-state index contributed by atoms with van der Waals surface area (Å²) < 4.78 is 5.57. The second-order valence-corrected chi connectivity index (χ2v) is 7.60. The van der Waals surface area contributed by atoms with Crippen LogP contribution in [0.15, 0.2) is 29.3 Å². The van der Waals surface area contributed by atoms with E-state index in [1.807, 2.05) is 0 Å². The first-order chi connectivity index (χ1) is 13.6. The van der Waals surface area contributed by atoms with Crippen LogP contribution in [0.3, 0.4) is 0 Å². The largest absolute Gasteiger partial charge is 0.396 e. The van der Waals surface area contributed by atoms with Crippen LogP contribution in [-0.4, -0.2) is 62.0 Å². The Balaban J connectivity index is 0.00000420. The highest BCUT2D eigenvalue weighted by Crippen LogP contribution is 2.31. The number of guanidine groups is 1. The summed E-state index contributed by atoms with van der Waals surface area (Å²) in [5, 5.41) is 16.2. The van der Waals surface area contributed by atoms with Crippen molar-refractivity contribution in [2.45, 2.75) is 46.7 Å². The fourth-order valence-corrected chi connectivity index (χ4v) is 3.55. The van der Waals surface area contributed by atoms with Gasteiger partial charge in [-0.3, -0.25) is 4.90 Å². The number of hydrogen-bond acceptors (Lipinski definition) is 4. The molecular formula is C22H39IN4O2. The number of aliphatic imine (C=N–C) groups is 1. The maximum Gasteiger partial charge on any atom is 0.191 e. The number of nitrogens with zero attached hydrogens (tertiary/aromatic N) is 2. The minimum Gasteiger partial charge on any atom is -0.396 e. The summed E-state index contributed by atoms with van der Waals surface area (Å²) in [6, 6.07) is 8.75. The maximum atomic E-state index is 9.39. The van der Waals surface area contributed by atoms with Crippen LogP contribution in [-0.2, 0) is 17.8 Å². The van der Waals surface area contributed by atoms with Gasteiger partial charge in [0.25, 0.3) is 0 Å². The first-order valence-corrected chi connectivity index (χ1v) is 10.7. The van der Waals surface area contributed by atoms with Gasteiger partial charge in [0.15, 0.2) is 5.96 Å². The fraction of sp³-hybridized carbons (Fsp3) is 0.682. The third-order valence-corrected chi connectivity index (χ3v) is 5.55. The molecule has 0 saturated carbocycles. The Labute approximate surface area is 193 Å². The van der Waals surface area contributed by atoms with Crippen molar-refractivity contribution in [2.75, 3.05) is 46.0 Å². The van der Waals surface area contributed by atoms with Gasteiger partial charge in [0.2, 0.25) is 0 Å². The van der Waals surface area contributed by atoms with Gasteiger partial charge in [-0.15, -0.1) is 24.0 Å². The predicted octanol–water partition coefficient (Wildman–Crippen LogP) is 2.99. The third-order valence-electron chi connectivity index (χ3n) is 5.55. The zero-order valence-electron chi connectivity index (χ0n) is 18.2. The quantitative estimate of drug-likeness (QED) is 0.239. The zero-order valence-corrected chi connectivity index (χ0v) is 20.6. The first-order valence-electron chi connectivity index (χ1n) is 10.7. The van der Waals surface area contributed by atoms with Crippen molar-refractivity contribution in [3.05, 3.63) is 35.4 Å². The molecule has 166 valence electrons. The second-order valence-electron chi connectivity index (χ2n) is 7.60. The summed E-state index contributed by atoms with van der Waals surface area (Å²) in [7, 11) is 0. The molecule has 29 heavy (non-hydrogen) atoms. The first kappa shape index (κ1) is 26.1. The normalized spacial score (nSPS) is 19.3. The van der Waals surface area contributed by atoms with Crippen LogP contribution in [0.2, 0.25) is 0 Å². The van der Waals surface area contributed by atoms with Crippen LogP contribution < -0.4 is 10.6 Å². The number of aliphatic hydroxyl groups is 1. The van der Waals surface area contributed by atoms with Crippen LogP contribution in [0.5, 0.6) is 0 Å². The molecule has 2 rings (SSSR count). The van der Waals surface area contributed by atoms with E-state index in [-0.39, 0.29) is 36.0 Å². The number of rotatable bonds is 11. The number of aliphatic hydroxyl groups excluding tert-OH is 1. The molecule has 0 radical (unpaired) electrons. The van der Waals surface area contributed by atoms with Crippen LogP contribution in [0, 0.1) is 5.41 Å². The van der Waals surface area contributed by atoms with Gasteiger partial charge >= 0.3 is 0 Å². The molecule has 1 saturated heterocycles. The molecule has 0 bridgehead atoms. The maximum absolute atomic E-state index is 9.39. The standard InChI is InChI=1S/C22H38N4O2.HI/c1-4-23-21(25-17-22(11-13-27)12-14-28-18-22)24-15-19-7-9-20(10-8-19)16-26(5-2)6-3;/h7-10,27H,4-6,11-18H2,1-3H3,(H2,23,24,25);1H. The van der Waals surface area contributed by atoms with E-state index in [4.69, 9.17) is 9.73 Å². The minimum absolute atomic E-state index is 0. The van der Waals surface area contributed by atoms with Gasteiger partial charge in [-0.25, -0.2) is 4.99 Å². The summed E-state index contributed by atoms with van der Waals surface area (Å²) >= 11 is 0. The smallest absolute Gasteiger partial charge is 0.191 e. The van der Waals surface area contributed by atoms with Crippen LogP contribution in [0.4, 0.5) is 0 Å². The van der Waals surface area contributed by atoms with Crippen molar-refractivity contribution in [3.63, 3.8) is 0 Å². The van der Waals surface area contributed by atoms with Gasteiger partial charge in [-0.2, -0.15) is 0 Å². The number of ether oxygens (including phenoxy) is 1. The monoisotopic (exact) mass is 518 g/mol. The van der Waals surface area contributed by atoms with E-state index in [1.165, 1.54) is 11.1 Å². The van der Waals surface area contributed by atoms with E-state index in [2.05, 4.69) is 60.6 Å². The highest BCUT2D eigenvalue weighted by molar-refractivity contribution is 14.0. The average molecular weight is 518 g/mol. The zero-order chi connectivity index (χ0) is 20.2. The Morgan fingerprint density at radius 2 is 1.83 bits per heavy atom. The average Bonchev–Trinajstić information content (AvgIpc) is 3.18. The lowest BCUT2D eigenvalue weighted by atomic mass is 9.84. The van der Waals surface area contributed by atoms with Crippen LogP contribution in [0.25, 0.3) is 0 Å². The molecule has 0 spiro atoms. The Kier molecular flexibility index (Phi) is 12.8. The molecule has 1 atom stereocenters. The van der Waals surface area contributed by atoms with E-state index in [0.29, 0.717) is 13.2 Å². The number of halogens is 1. The van der Waals surface area contributed by atoms with E-state index in [0.717, 1.165) is 58.1 Å². The molecule has 1 aliphatic heterocycles. The molecule has 6 nitrogen and oxygen atoms in total. The Morgan fingerprint density at radius 3 is 2.38 bits per heavy atom. The minimum atomic E-state index is 0. The molecule has 1 aromatic carbocycles. The van der Waals surface area contributed by atoms with E-state index in [9.17, 15) is 5.11 Å². The molecule has 1 aliphatic rings. The van der Waals surface area contributed by atoms with Crippen molar-refractivity contribution in [2.24, 2.45) is 10.4 Å². The van der Waals surface area contributed by atoms with Gasteiger partial charge in [-0.05, 0) is 44.0 Å². The van der Waals surface area contributed by atoms with Gasteiger partial charge in [0, 0.05) is 38.3 Å². The fourth-order valence-electron chi connectivity index (χ4n) is 3.55. The second kappa shape index (κ2) is 14.2. The summed E-state index contributed by atoms with van der Waals surface area (Å²) in [6.07, 6.45) is 1.74. The Hall–Kier alpha value is -0.900. The van der Waals surface area contributed by atoms with Crippen molar-refractivity contribution < 1.29 is 9.84 Å². The van der Waals surface area contributed by atoms with Crippen LogP contribution >= 0.6 is 24.0 Å². The van der Waals surface area contributed by atoms with Gasteiger partial charge in [-0.1, -0.05) is 38.1 Å². The van der Waals surface area contributed by atoms with Crippen molar-refractivity contribution in [3.8, 4) is 0 Å². The molecule has 1 heterocycles. The number of hydrogen-bond donors (Lipinski definition) is 3. The van der Waals surface area contributed by atoms with Gasteiger partial charge < -0.3 is 20.5 Å². The molecule has 7 heteroatoms. The summed E-state index contributed by atoms with van der Waals surface area (Å²) in [5.41, 5.74) is 2.56. The highest BCUT2D eigenvalue weighted by atomic mass is 127. The molecule has 0 aromatic heterocycles. The predicted molar refractivity (Wildman–Crippen MR) is 131 cm³/mol. The highest BCUT2D eigenvalue weighted by Gasteiger charge is 2.34. The van der Waals surface area contributed by atoms with Gasteiger partial charge in [0.05, 0.1) is 13.2 Å². The van der Waals surface area contributed by atoms with E-state index >= 15 is 0 Å². The van der Waals surface area contributed by atoms with E-state index < -0.39 is 0 Å². The number of benzene rings is 1. The van der Waals surface area contributed by atoms with E-state index in [1.54, 1.807) is 0 Å². The van der Waals surface area contributed by atoms with Gasteiger partial charge in [0.1, 0.15) is 0 Å². The SMILES string of the molecule is CCNC(=NCc1ccc(CN(CC)CC)cc1)NCC1(CCO)CCOC1.I. The van der Waals surface area contributed by atoms with Crippen molar-refractivity contribution >= 4 is 29.9 Å². The molecule has 1 unspecified atom stereocenters. The molecule has 1 fully saturated rings. The molecule has 3 N–H and O–H groups in total. The lowest BCUT2D eigenvalue weighted by Crippen LogP contribution is -2.44. The number of nitrogens with one attached hydrogen (secondary N) is 2. The molecular weight excluding hydrogens is 479 g/mol. The lowest BCUT2D eigenvalue weighted by Gasteiger charge is -2.27. The summed E-state index contributed by atoms with van der Waals surface area (Å²) in [4.78, 5) is 7.15. The Morgan fingerprint density at radius 1 is 1.14 bits per heavy atom. The lowest BCUT2D eigenvalue weighted by molar-refractivity contribution is 0.127. The topological polar surface area (TPSA) is 69.1 Å². The molecule has 1 aromatic rings. The van der Waals surface area contributed by atoms with Crippen molar-refractivity contribution in [1.82, 2.24) is 15.5 Å².